The molecule has 3 rings (SSSR count). The number of halogens is 1. The highest BCUT2D eigenvalue weighted by atomic mass is 32.2. The highest BCUT2D eigenvalue weighted by Crippen LogP contribution is 2.28. The van der Waals surface area contributed by atoms with Crippen LogP contribution in [0.15, 0.2) is 41.3 Å². The Morgan fingerprint density at radius 3 is 2.54 bits per heavy atom. The van der Waals surface area contributed by atoms with Gasteiger partial charge in [-0.2, -0.15) is 0 Å². The van der Waals surface area contributed by atoms with E-state index >= 15 is 0 Å². The van der Waals surface area contributed by atoms with E-state index in [1.54, 1.807) is 13.0 Å². The van der Waals surface area contributed by atoms with E-state index in [0.717, 1.165) is 25.7 Å². The SMILES string of the molecule is COc1ccc(C(=O)Nc2cc(F)ccc2C)cc1S(=O)(=O)NC1CCCC1. The second kappa shape index (κ2) is 8.28. The zero-order valence-electron chi connectivity index (χ0n) is 15.8. The van der Waals surface area contributed by atoms with E-state index in [1.165, 1.54) is 37.4 Å². The first-order valence-corrected chi connectivity index (χ1v) is 10.6. The Bertz CT molecular complexity index is 986. The molecule has 0 unspecified atom stereocenters. The predicted molar refractivity (Wildman–Crippen MR) is 105 cm³/mol. The van der Waals surface area contributed by atoms with Crippen molar-refractivity contribution in [3.05, 3.63) is 53.3 Å². The minimum atomic E-state index is -3.85. The van der Waals surface area contributed by atoms with Crippen LogP contribution in [0.1, 0.15) is 41.6 Å². The number of hydrogen-bond acceptors (Lipinski definition) is 4. The van der Waals surface area contributed by atoms with Crippen molar-refractivity contribution in [1.29, 1.82) is 0 Å². The molecule has 1 aliphatic carbocycles. The third-order valence-electron chi connectivity index (χ3n) is 4.84. The number of carbonyl (C=O) groups is 1. The Hall–Kier alpha value is -2.45. The van der Waals surface area contributed by atoms with Crippen molar-refractivity contribution in [2.24, 2.45) is 0 Å². The highest BCUT2D eigenvalue weighted by molar-refractivity contribution is 7.89. The van der Waals surface area contributed by atoms with E-state index in [-0.39, 0.29) is 22.3 Å². The van der Waals surface area contributed by atoms with Crippen molar-refractivity contribution in [2.75, 3.05) is 12.4 Å². The summed E-state index contributed by atoms with van der Waals surface area (Å²) in [6, 6.07) is 8.16. The van der Waals surface area contributed by atoms with Gasteiger partial charge in [-0.15, -0.1) is 0 Å². The molecule has 1 saturated carbocycles. The molecule has 0 aromatic heterocycles. The highest BCUT2D eigenvalue weighted by Gasteiger charge is 2.26. The molecule has 1 aliphatic rings. The maximum absolute atomic E-state index is 13.5. The van der Waals surface area contributed by atoms with Crippen molar-refractivity contribution >= 4 is 21.6 Å². The summed E-state index contributed by atoms with van der Waals surface area (Å²) in [5.74, 6) is -0.850. The molecule has 0 aliphatic heterocycles. The third kappa shape index (κ3) is 4.51. The largest absolute Gasteiger partial charge is 0.495 e. The Balaban J connectivity index is 1.89. The maximum atomic E-state index is 13.5. The van der Waals surface area contributed by atoms with E-state index in [0.29, 0.717) is 11.3 Å². The molecule has 1 fully saturated rings. The van der Waals surface area contributed by atoms with Crippen molar-refractivity contribution in [3.63, 3.8) is 0 Å². The number of aryl methyl sites for hydroxylation is 1. The number of sulfonamides is 1. The van der Waals surface area contributed by atoms with Crippen LogP contribution >= 0.6 is 0 Å². The standard InChI is InChI=1S/C20H23FN2O4S/c1-13-7-9-15(21)12-17(13)22-20(24)14-8-10-18(27-2)19(11-14)28(25,26)23-16-5-3-4-6-16/h7-12,16,23H,3-6H2,1-2H3,(H,22,24). The zero-order valence-corrected chi connectivity index (χ0v) is 16.6. The summed E-state index contributed by atoms with van der Waals surface area (Å²) in [5, 5.41) is 2.62. The minimum Gasteiger partial charge on any atom is -0.495 e. The van der Waals surface area contributed by atoms with Crippen LogP contribution in [0.2, 0.25) is 0 Å². The Morgan fingerprint density at radius 2 is 1.86 bits per heavy atom. The summed E-state index contributed by atoms with van der Waals surface area (Å²) >= 11 is 0. The normalized spacial score (nSPS) is 14.8. The van der Waals surface area contributed by atoms with Gasteiger partial charge in [0.25, 0.3) is 5.91 Å². The van der Waals surface area contributed by atoms with Crippen LogP contribution in [0.3, 0.4) is 0 Å². The molecule has 8 heteroatoms. The molecule has 28 heavy (non-hydrogen) atoms. The molecular formula is C20H23FN2O4S. The number of benzene rings is 2. The van der Waals surface area contributed by atoms with Gasteiger partial charge in [-0.25, -0.2) is 17.5 Å². The van der Waals surface area contributed by atoms with Crippen LogP contribution in [0, 0.1) is 12.7 Å². The second-order valence-electron chi connectivity index (χ2n) is 6.88. The second-order valence-corrected chi connectivity index (χ2v) is 8.56. The lowest BCUT2D eigenvalue weighted by Crippen LogP contribution is -2.33. The van der Waals surface area contributed by atoms with E-state index in [1.807, 2.05) is 0 Å². The van der Waals surface area contributed by atoms with Gasteiger partial charge in [0.2, 0.25) is 10.0 Å². The molecular weight excluding hydrogens is 383 g/mol. The Labute approximate surface area is 164 Å². The molecule has 0 spiro atoms. The number of ether oxygens (including phenoxy) is 1. The van der Waals surface area contributed by atoms with Crippen LogP contribution in [0.4, 0.5) is 10.1 Å². The van der Waals surface area contributed by atoms with Gasteiger partial charge >= 0.3 is 0 Å². The molecule has 150 valence electrons. The van der Waals surface area contributed by atoms with E-state index < -0.39 is 21.7 Å². The fourth-order valence-electron chi connectivity index (χ4n) is 3.28. The van der Waals surface area contributed by atoms with Gasteiger partial charge in [0.1, 0.15) is 16.5 Å². The number of hydrogen-bond donors (Lipinski definition) is 2. The molecule has 6 nitrogen and oxygen atoms in total. The fraction of sp³-hybridized carbons (Fsp3) is 0.350. The molecule has 0 heterocycles. The average Bonchev–Trinajstić information content (AvgIpc) is 3.16. The van der Waals surface area contributed by atoms with Crippen LogP contribution in [0.5, 0.6) is 5.75 Å². The lowest BCUT2D eigenvalue weighted by atomic mass is 10.1. The third-order valence-corrected chi connectivity index (χ3v) is 6.38. The number of amides is 1. The summed E-state index contributed by atoms with van der Waals surface area (Å²) in [7, 11) is -2.47. The van der Waals surface area contributed by atoms with Crippen molar-refractivity contribution in [3.8, 4) is 5.75 Å². The number of anilines is 1. The smallest absolute Gasteiger partial charge is 0.255 e. The van der Waals surface area contributed by atoms with Gasteiger partial charge in [-0.3, -0.25) is 4.79 Å². The molecule has 0 radical (unpaired) electrons. The van der Waals surface area contributed by atoms with E-state index in [9.17, 15) is 17.6 Å². The average molecular weight is 406 g/mol. The molecule has 0 bridgehead atoms. The molecule has 2 N–H and O–H groups in total. The van der Waals surface area contributed by atoms with E-state index in [2.05, 4.69) is 10.0 Å². The zero-order chi connectivity index (χ0) is 20.3. The summed E-state index contributed by atoms with van der Waals surface area (Å²) in [6.07, 6.45) is 3.56. The predicted octanol–water partition coefficient (Wildman–Crippen LogP) is 3.62. The molecule has 1 amide bonds. The summed E-state index contributed by atoms with van der Waals surface area (Å²) < 4.78 is 47.0. The first-order chi connectivity index (χ1) is 13.3. The van der Waals surface area contributed by atoms with Crippen molar-refractivity contribution in [2.45, 2.75) is 43.5 Å². The fourth-order valence-corrected chi connectivity index (χ4v) is 4.78. The lowest BCUT2D eigenvalue weighted by molar-refractivity contribution is 0.102. The summed E-state index contributed by atoms with van der Waals surface area (Å²) in [6.45, 7) is 1.74. The van der Waals surface area contributed by atoms with Gasteiger partial charge in [0, 0.05) is 17.3 Å². The van der Waals surface area contributed by atoms with Gasteiger partial charge < -0.3 is 10.1 Å². The Kier molecular flexibility index (Phi) is 6.00. The van der Waals surface area contributed by atoms with Gasteiger partial charge in [-0.05, 0) is 55.7 Å². The van der Waals surface area contributed by atoms with Crippen LogP contribution < -0.4 is 14.8 Å². The summed E-state index contributed by atoms with van der Waals surface area (Å²) in [4.78, 5) is 12.5. The number of carbonyl (C=O) groups excluding carboxylic acids is 1. The van der Waals surface area contributed by atoms with Crippen LogP contribution in [-0.2, 0) is 10.0 Å². The molecule has 0 atom stereocenters. The van der Waals surface area contributed by atoms with Crippen molar-refractivity contribution in [1.82, 2.24) is 4.72 Å². The van der Waals surface area contributed by atoms with Gasteiger partial charge in [-0.1, -0.05) is 18.9 Å². The first kappa shape index (κ1) is 20.3. The number of methoxy groups -OCH3 is 1. The first-order valence-electron chi connectivity index (χ1n) is 9.08. The Morgan fingerprint density at radius 1 is 1.14 bits per heavy atom. The number of nitrogens with one attached hydrogen (secondary N) is 2. The molecule has 2 aromatic carbocycles. The molecule has 2 aromatic rings. The minimum absolute atomic E-state index is 0.0921. The summed E-state index contributed by atoms with van der Waals surface area (Å²) in [5.41, 5.74) is 1.16. The van der Waals surface area contributed by atoms with Crippen molar-refractivity contribution < 1.29 is 22.3 Å². The maximum Gasteiger partial charge on any atom is 0.255 e. The van der Waals surface area contributed by atoms with Gasteiger partial charge in [0.15, 0.2) is 0 Å². The van der Waals surface area contributed by atoms with Gasteiger partial charge in [0.05, 0.1) is 7.11 Å². The topological polar surface area (TPSA) is 84.5 Å². The lowest BCUT2D eigenvalue weighted by Gasteiger charge is -2.16. The molecule has 0 saturated heterocycles. The number of rotatable bonds is 6. The van der Waals surface area contributed by atoms with Crippen LogP contribution in [-0.4, -0.2) is 27.5 Å². The monoisotopic (exact) mass is 406 g/mol. The van der Waals surface area contributed by atoms with Crippen LogP contribution in [0.25, 0.3) is 0 Å². The quantitative estimate of drug-likeness (QED) is 0.767. The van der Waals surface area contributed by atoms with E-state index in [4.69, 9.17) is 4.74 Å².